The summed E-state index contributed by atoms with van der Waals surface area (Å²) >= 11 is 0. The molecule has 0 bridgehead atoms. The number of carbonyl (C=O) groups is 1. The van der Waals surface area contributed by atoms with Crippen molar-refractivity contribution in [2.24, 2.45) is 0 Å². The smallest absolute Gasteiger partial charge is 0.263 e. The topological polar surface area (TPSA) is 46.3 Å². The second-order valence-electron chi connectivity index (χ2n) is 5.77. The lowest BCUT2D eigenvalue weighted by Gasteiger charge is -2.16. The number of amides is 1. The Morgan fingerprint density at radius 1 is 1.13 bits per heavy atom. The van der Waals surface area contributed by atoms with Crippen LogP contribution in [0.1, 0.15) is 21.5 Å². The van der Waals surface area contributed by atoms with Gasteiger partial charge in [0.1, 0.15) is 5.56 Å². The van der Waals surface area contributed by atoms with Gasteiger partial charge in [-0.25, -0.2) is 0 Å². The summed E-state index contributed by atoms with van der Waals surface area (Å²) in [4.78, 5) is 14.8. The summed E-state index contributed by atoms with van der Waals surface area (Å²) < 4.78 is 5.36. The Balaban J connectivity index is 1.71. The van der Waals surface area contributed by atoms with Crippen molar-refractivity contribution in [3.8, 4) is 11.3 Å². The van der Waals surface area contributed by atoms with Crippen LogP contribution < -0.4 is 4.90 Å². The first kappa shape index (κ1) is 13.8. The summed E-state index contributed by atoms with van der Waals surface area (Å²) in [5, 5.41) is 3.85. The minimum atomic E-state index is -0.0632. The first-order chi connectivity index (χ1) is 11.2. The highest BCUT2D eigenvalue weighted by molar-refractivity contribution is 6.10. The van der Waals surface area contributed by atoms with E-state index in [2.05, 4.69) is 11.2 Å². The number of carbonyl (C=O) groups excluding carboxylic acids is 1. The second-order valence-corrected chi connectivity index (χ2v) is 5.77. The quantitative estimate of drug-likeness (QED) is 0.722. The summed E-state index contributed by atoms with van der Waals surface area (Å²) in [6.07, 6.45) is 2.39. The first-order valence-corrected chi connectivity index (χ1v) is 7.65. The molecule has 1 aliphatic rings. The van der Waals surface area contributed by atoms with E-state index >= 15 is 0 Å². The Morgan fingerprint density at radius 3 is 2.74 bits per heavy atom. The van der Waals surface area contributed by atoms with Crippen LogP contribution in [0.5, 0.6) is 0 Å². The van der Waals surface area contributed by atoms with Crippen LogP contribution in [-0.2, 0) is 6.42 Å². The van der Waals surface area contributed by atoms with Gasteiger partial charge in [0.25, 0.3) is 5.91 Å². The minimum absolute atomic E-state index is 0.0632. The average molecular weight is 304 g/mol. The summed E-state index contributed by atoms with van der Waals surface area (Å²) in [5.74, 6) is 0.464. The maximum Gasteiger partial charge on any atom is 0.263 e. The van der Waals surface area contributed by atoms with Gasteiger partial charge in [0, 0.05) is 17.8 Å². The van der Waals surface area contributed by atoms with Crippen LogP contribution in [0.3, 0.4) is 0 Å². The number of benzene rings is 2. The monoisotopic (exact) mass is 304 g/mol. The number of aromatic nitrogens is 1. The summed E-state index contributed by atoms with van der Waals surface area (Å²) in [7, 11) is 0. The molecule has 2 aromatic carbocycles. The molecule has 0 spiro atoms. The molecule has 2 heterocycles. The van der Waals surface area contributed by atoms with Crippen molar-refractivity contribution in [3.63, 3.8) is 0 Å². The zero-order valence-corrected chi connectivity index (χ0v) is 12.8. The van der Waals surface area contributed by atoms with Crippen LogP contribution in [-0.4, -0.2) is 17.6 Å². The summed E-state index contributed by atoms with van der Waals surface area (Å²) in [5.41, 5.74) is 4.71. The van der Waals surface area contributed by atoms with Gasteiger partial charge in [-0.1, -0.05) is 53.2 Å². The predicted octanol–water partition coefficient (Wildman–Crippen LogP) is 3.85. The van der Waals surface area contributed by atoms with E-state index in [0.717, 1.165) is 23.2 Å². The average Bonchev–Trinajstić information content (AvgIpc) is 3.22. The van der Waals surface area contributed by atoms with Gasteiger partial charge in [0.15, 0.2) is 5.76 Å². The van der Waals surface area contributed by atoms with E-state index in [4.69, 9.17) is 4.52 Å². The molecule has 4 nitrogen and oxygen atoms in total. The lowest BCUT2D eigenvalue weighted by Crippen LogP contribution is -2.28. The van der Waals surface area contributed by atoms with Crippen molar-refractivity contribution < 1.29 is 9.32 Å². The zero-order valence-electron chi connectivity index (χ0n) is 12.8. The molecular weight excluding hydrogens is 288 g/mol. The Hall–Kier alpha value is -2.88. The molecule has 4 rings (SSSR count). The molecule has 114 valence electrons. The molecule has 0 saturated heterocycles. The Bertz CT molecular complexity index is 865. The number of rotatable bonds is 2. The second kappa shape index (κ2) is 5.39. The van der Waals surface area contributed by atoms with E-state index in [0.29, 0.717) is 17.9 Å². The number of fused-ring (bicyclic) bond motifs is 1. The summed E-state index contributed by atoms with van der Waals surface area (Å²) in [6.45, 7) is 2.72. The zero-order chi connectivity index (χ0) is 15.8. The van der Waals surface area contributed by atoms with E-state index in [-0.39, 0.29) is 5.91 Å². The Labute approximate surface area is 134 Å². The van der Waals surface area contributed by atoms with Gasteiger partial charge in [-0.15, -0.1) is 0 Å². The van der Waals surface area contributed by atoms with Crippen LogP contribution >= 0.6 is 0 Å². The highest BCUT2D eigenvalue weighted by Gasteiger charge is 2.28. The molecule has 0 fully saturated rings. The van der Waals surface area contributed by atoms with Gasteiger partial charge in [-0.05, 0) is 25.0 Å². The van der Waals surface area contributed by atoms with Crippen LogP contribution in [0, 0.1) is 6.92 Å². The van der Waals surface area contributed by atoms with Crippen LogP contribution in [0.25, 0.3) is 11.3 Å². The van der Waals surface area contributed by atoms with Crippen LogP contribution in [0.2, 0.25) is 0 Å². The van der Waals surface area contributed by atoms with Crippen LogP contribution in [0.4, 0.5) is 5.69 Å². The molecule has 0 atom stereocenters. The van der Waals surface area contributed by atoms with Gasteiger partial charge >= 0.3 is 0 Å². The van der Waals surface area contributed by atoms with Crippen LogP contribution in [0.15, 0.2) is 59.3 Å². The number of anilines is 1. The predicted molar refractivity (Wildman–Crippen MR) is 88.5 cm³/mol. The third-order valence-electron chi connectivity index (χ3n) is 4.25. The van der Waals surface area contributed by atoms with Gasteiger partial charge in [-0.2, -0.15) is 0 Å². The molecule has 1 aromatic heterocycles. The number of aryl methyl sites for hydroxylation is 1. The molecule has 1 aliphatic heterocycles. The SMILES string of the molecule is Cc1ccc(-c2oncc2C(=O)N2CCc3ccccc32)cc1. The van der Waals surface area contributed by atoms with Gasteiger partial charge < -0.3 is 9.42 Å². The number of hydrogen-bond donors (Lipinski definition) is 0. The number of nitrogens with zero attached hydrogens (tertiary/aromatic N) is 2. The lowest BCUT2D eigenvalue weighted by atomic mass is 10.1. The van der Waals surface area contributed by atoms with Crippen molar-refractivity contribution in [2.45, 2.75) is 13.3 Å². The molecular formula is C19H16N2O2. The van der Waals surface area contributed by atoms with Crippen molar-refractivity contribution in [2.75, 3.05) is 11.4 Å². The maximum absolute atomic E-state index is 13.0. The third kappa shape index (κ3) is 2.32. The molecule has 4 heteroatoms. The number of hydrogen-bond acceptors (Lipinski definition) is 3. The first-order valence-electron chi connectivity index (χ1n) is 7.65. The maximum atomic E-state index is 13.0. The van der Waals surface area contributed by atoms with E-state index in [1.165, 1.54) is 11.8 Å². The fraction of sp³-hybridized carbons (Fsp3) is 0.158. The largest absolute Gasteiger partial charge is 0.355 e. The van der Waals surface area contributed by atoms with Crippen molar-refractivity contribution in [1.29, 1.82) is 0 Å². The standard InChI is InChI=1S/C19H16N2O2/c1-13-6-8-15(9-7-13)18-16(12-20-23-18)19(22)21-11-10-14-4-2-3-5-17(14)21/h2-9,12H,10-11H2,1H3. The molecule has 0 saturated carbocycles. The van der Waals surface area contributed by atoms with Gasteiger partial charge in [-0.3, -0.25) is 4.79 Å². The Kier molecular flexibility index (Phi) is 3.23. The normalized spacial score (nSPS) is 13.2. The molecule has 3 aromatic rings. The van der Waals surface area contributed by atoms with Gasteiger partial charge in [0.2, 0.25) is 0 Å². The summed E-state index contributed by atoms with van der Waals surface area (Å²) in [6, 6.07) is 15.9. The molecule has 0 radical (unpaired) electrons. The van der Waals surface area contributed by atoms with E-state index in [1.54, 1.807) is 4.90 Å². The third-order valence-corrected chi connectivity index (χ3v) is 4.25. The Morgan fingerprint density at radius 2 is 1.91 bits per heavy atom. The fourth-order valence-corrected chi connectivity index (χ4v) is 3.00. The van der Waals surface area contributed by atoms with Crippen molar-refractivity contribution in [3.05, 3.63) is 71.4 Å². The van der Waals surface area contributed by atoms with E-state index in [1.807, 2.05) is 49.4 Å². The van der Waals surface area contributed by atoms with Gasteiger partial charge in [0.05, 0.1) is 6.20 Å². The molecule has 0 N–H and O–H groups in total. The van der Waals surface area contributed by atoms with Crippen molar-refractivity contribution >= 4 is 11.6 Å². The van der Waals surface area contributed by atoms with E-state index in [9.17, 15) is 4.79 Å². The number of para-hydroxylation sites is 1. The molecule has 1 amide bonds. The minimum Gasteiger partial charge on any atom is -0.355 e. The fourth-order valence-electron chi connectivity index (χ4n) is 3.00. The van der Waals surface area contributed by atoms with Crippen molar-refractivity contribution in [1.82, 2.24) is 5.16 Å². The highest BCUT2D eigenvalue weighted by atomic mass is 16.5. The molecule has 0 unspecified atom stereocenters. The molecule has 0 aliphatic carbocycles. The van der Waals surface area contributed by atoms with E-state index < -0.39 is 0 Å². The highest BCUT2D eigenvalue weighted by Crippen LogP contribution is 2.31. The molecule has 23 heavy (non-hydrogen) atoms. The lowest BCUT2D eigenvalue weighted by molar-refractivity contribution is 0.0989.